The van der Waals surface area contributed by atoms with Crippen molar-refractivity contribution in [3.63, 3.8) is 0 Å². The van der Waals surface area contributed by atoms with Gasteiger partial charge in [0.15, 0.2) is 0 Å². The lowest BCUT2D eigenvalue weighted by Gasteiger charge is -2.09. The Morgan fingerprint density at radius 1 is 1.60 bits per heavy atom. The molecule has 1 aliphatic rings. The molecule has 0 aliphatic carbocycles. The van der Waals surface area contributed by atoms with E-state index in [0.29, 0.717) is 5.28 Å². The van der Waals surface area contributed by atoms with E-state index in [-0.39, 0.29) is 0 Å². The minimum Gasteiger partial charge on any atom is -0.316 e. The van der Waals surface area contributed by atoms with Crippen molar-refractivity contribution >= 4 is 11.6 Å². The van der Waals surface area contributed by atoms with Crippen LogP contribution in [0.3, 0.4) is 0 Å². The van der Waals surface area contributed by atoms with Gasteiger partial charge in [0.05, 0.1) is 5.69 Å². The van der Waals surface area contributed by atoms with Gasteiger partial charge in [0.2, 0.25) is 5.28 Å². The molecule has 15 heavy (non-hydrogen) atoms. The molecule has 0 aromatic carbocycles. The third-order valence-electron chi connectivity index (χ3n) is 2.59. The summed E-state index contributed by atoms with van der Waals surface area (Å²) >= 11 is 5.69. The number of rotatable bonds is 4. The van der Waals surface area contributed by atoms with Gasteiger partial charge in [0.1, 0.15) is 0 Å². The summed E-state index contributed by atoms with van der Waals surface area (Å²) < 4.78 is 0. The van der Waals surface area contributed by atoms with Crippen molar-refractivity contribution in [1.29, 1.82) is 0 Å². The highest BCUT2D eigenvalue weighted by Gasteiger charge is 2.13. The van der Waals surface area contributed by atoms with Gasteiger partial charge in [-0.25, -0.2) is 9.97 Å². The predicted molar refractivity (Wildman–Crippen MR) is 59.7 cm³/mol. The lowest BCUT2D eigenvalue weighted by molar-refractivity contribution is 0.509. The fraction of sp³-hybridized carbons (Fsp3) is 0.600. The summed E-state index contributed by atoms with van der Waals surface area (Å²) in [6.07, 6.45) is 2.95. The molecule has 4 nitrogen and oxygen atoms in total. The number of halogens is 1. The first-order valence-corrected chi connectivity index (χ1v) is 5.61. The van der Waals surface area contributed by atoms with Crippen LogP contribution in [0.1, 0.15) is 12.1 Å². The van der Waals surface area contributed by atoms with Gasteiger partial charge in [-0.3, -0.25) is 0 Å². The van der Waals surface area contributed by atoms with E-state index in [1.54, 1.807) is 6.20 Å². The third kappa shape index (κ3) is 3.41. The van der Waals surface area contributed by atoms with Crippen LogP contribution >= 0.6 is 11.6 Å². The Balaban J connectivity index is 1.73. The monoisotopic (exact) mass is 226 g/mol. The molecule has 2 N–H and O–H groups in total. The molecule has 1 aliphatic heterocycles. The van der Waals surface area contributed by atoms with Crippen molar-refractivity contribution in [2.24, 2.45) is 5.92 Å². The highest BCUT2D eigenvalue weighted by atomic mass is 35.5. The first kappa shape index (κ1) is 10.8. The van der Waals surface area contributed by atoms with Crippen LogP contribution < -0.4 is 10.6 Å². The van der Waals surface area contributed by atoms with E-state index >= 15 is 0 Å². The number of aromatic nitrogens is 2. The van der Waals surface area contributed by atoms with Gasteiger partial charge in [-0.1, -0.05) is 0 Å². The zero-order valence-electron chi connectivity index (χ0n) is 8.54. The van der Waals surface area contributed by atoms with E-state index in [2.05, 4.69) is 20.6 Å². The molecule has 1 aromatic rings. The van der Waals surface area contributed by atoms with Crippen LogP contribution in [0, 0.1) is 5.92 Å². The first-order valence-electron chi connectivity index (χ1n) is 5.23. The Labute approximate surface area is 94.5 Å². The molecule has 2 heterocycles. The first-order chi connectivity index (χ1) is 7.34. The fourth-order valence-electron chi connectivity index (χ4n) is 1.76. The van der Waals surface area contributed by atoms with E-state index in [1.807, 2.05) is 6.07 Å². The molecule has 2 rings (SSSR count). The Morgan fingerprint density at radius 3 is 3.27 bits per heavy atom. The van der Waals surface area contributed by atoms with E-state index in [4.69, 9.17) is 11.6 Å². The molecule has 0 bridgehead atoms. The number of hydrogen-bond donors (Lipinski definition) is 2. The average molecular weight is 227 g/mol. The average Bonchev–Trinajstić information content (AvgIpc) is 2.71. The molecule has 1 saturated heterocycles. The van der Waals surface area contributed by atoms with Crippen molar-refractivity contribution in [2.45, 2.75) is 13.0 Å². The van der Waals surface area contributed by atoms with Crippen molar-refractivity contribution in [1.82, 2.24) is 20.6 Å². The number of nitrogens with one attached hydrogen (secondary N) is 2. The van der Waals surface area contributed by atoms with E-state index < -0.39 is 0 Å². The molecule has 82 valence electrons. The third-order valence-corrected chi connectivity index (χ3v) is 2.77. The van der Waals surface area contributed by atoms with Crippen molar-refractivity contribution < 1.29 is 0 Å². The van der Waals surface area contributed by atoms with Gasteiger partial charge < -0.3 is 10.6 Å². The van der Waals surface area contributed by atoms with Gasteiger partial charge in [-0.2, -0.15) is 0 Å². The molecular weight excluding hydrogens is 212 g/mol. The summed E-state index contributed by atoms with van der Waals surface area (Å²) in [7, 11) is 0. The molecule has 0 spiro atoms. The Kier molecular flexibility index (Phi) is 3.88. The maximum Gasteiger partial charge on any atom is 0.222 e. The summed E-state index contributed by atoms with van der Waals surface area (Å²) in [5.74, 6) is 0.752. The normalized spacial score (nSPS) is 20.7. The van der Waals surface area contributed by atoms with E-state index in [1.165, 1.54) is 6.42 Å². The molecule has 5 heteroatoms. The van der Waals surface area contributed by atoms with Crippen LogP contribution in [0.4, 0.5) is 0 Å². The lowest BCUT2D eigenvalue weighted by Crippen LogP contribution is -2.24. The largest absolute Gasteiger partial charge is 0.316 e. The summed E-state index contributed by atoms with van der Waals surface area (Å²) in [6.45, 7) is 4.07. The quantitative estimate of drug-likeness (QED) is 0.747. The van der Waals surface area contributed by atoms with E-state index in [9.17, 15) is 0 Å². The Morgan fingerprint density at radius 2 is 2.53 bits per heavy atom. The summed E-state index contributed by atoms with van der Waals surface area (Å²) in [4.78, 5) is 7.96. The minimum absolute atomic E-state index is 0.317. The number of hydrogen-bond acceptors (Lipinski definition) is 4. The zero-order valence-corrected chi connectivity index (χ0v) is 9.30. The predicted octanol–water partition coefficient (Wildman–Crippen LogP) is 0.829. The van der Waals surface area contributed by atoms with Crippen LogP contribution in [-0.2, 0) is 6.54 Å². The van der Waals surface area contributed by atoms with Gasteiger partial charge in [0, 0.05) is 12.7 Å². The van der Waals surface area contributed by atoms with Gasteiger partial charge in [-0.15, -0.1) is 0 Å². The minimum atomic E-state index is 0.317. The highest BCUT2D eigenvalue weighted by molar-refractivity contribution is 6.28. The molecule has 1 atom stereocenters. The summed E-state index contributed by atoms with van der Waals surface area (Å²) in [5.41, 5.74) is 0.945. The second-order valence-corrected chi connectivity index (χ2v) is 4.14. The molecule has 0 radical (unpaired) electrons. The lowest BCUT2D eigenvalue weighted by atomic mass is 10.1. The van der Waals surface area contributed by atoms with Gasteiger partial charge in [0.25, 0.3) is 0 Å². The van der Waals surface area contributed by atoms with Crippen LogP contribution in [0.25, 0.3) is 0 Å². The molecule has 0 amide bonds. The molecular formula is C10H15ClN4. The van der Waals surface area contributed by atoms with Crippen molar-refractivity contribution in [2.75, 3.05) is 19.6 Å². The maximum atomic E-state index is 5.69. The molecule has 1 fully saturated rings. The van der Waals surface area contributed by atoms with Crippen LogP contribution in [0.15, 0.2) is 12.3 Å². The number of nitrogens with zero attached hydrogens (tertiary/aromatic N) is 2. The van der Waals surface area contributed by atoms with Crippen molar-refractivity contribution in [3.05, 3.63) is 23.2 Å². The summed E-state index contributed by atoms with van der Waals surface area (Å²) in [6, 6.07) is 1.88. The highest BCUT2D eigenvalue weighted by Crippen LogP contribution is 2.06. The second-order valence-electron chi connectivity index (χ2n) is 3.81. The van der Waals surface area contributed by atoms with E-state index in [0.717, 1.165) is 37.8 Å². The smallest absolute Gasteiger partial charge is 0.222 e. The Bertz CT molecular complexity index is 312. The maximum absolute atomic E-state index is 5.69. The second kappa shape index (κ2) is 5.39. The molecule has 1 aromatic heterocycles. The topological polar surface area (TPSA) is 49.8 Å². The molecule has 0 saturated carbocycles. The zero-order chi connectivity index (χ0) is 10.5. The Hall–Kier alpha value is -0.710. The van der Waals surface area contributed by atoms with Crippen molar-refractivity contribution in [3.8, 4) is 0 Å². The summed E-state index contributed by atoms with van der Waals surface area (Å²) in [5, 5.41) is 7.04. The SMILES string of the molecule is Clc1nccc(CNCC2CCNC2)n1. The fourth-order valence-corrected chi connectivity index (χ4v) is 1.93. The van der Waals surface area contributed by atoms with Crippen LogP contribution in [-0.4, -0.2) is 29.6 Å². The standard InChI is InChI=1S/C10H15ClN4/c11-10-14-4-2-9(15-10)7-13-6-8-1-3-12-5-8/h2,4,8,12-13H,1,3,5-7H2. The molecule has 1 unspecified atom stereocenters. The van der Waals surface area contributed by atoms with Crippen LogP contribution in [0.2, 0.25) is 5.28 Å². The van der Waals surface area contributed by atoms with Gasteiger partial charge in [-0.05, 0) is 49.6 Å². The van der Waals surface area contributed by atoms with Gasteiger partial charge >= 0.3 is 0 Å². The van der Waals surface area contributed by atoms with Crippen LogP contribution in [0.5, 0.6) is 0 Å².